The Bertz CT molecular complexity index is 476. The lowest BCUT2D eigenvalue weighted by atomic mass is 9.96. The Labute approximate surface area is 108 Å². The van der Waals surface area contributed by atoms with E-state index in [4.69, 9.17) is 0 Å². The highest BCUT2D eigenvalue weighted by Gasteiger charge is 2.15. The highest BCUT2D eigenvalue weighted by atomic mass is 15.3. The first-order valence-electron chi connectivity index (χ1n) is 6.29. The molecule has 0 aliphatic carbocycles. The standard InChI is InChI=1S/C14H20N4/c1-11(2)14(12-7-5-4-6-8-12)15-9-13-17-16-10-18(13)3/h4-8,10-11,14-15H,9H2,1-3H3. The number of hydrogen-bond acceptors (Lipinski definition) is 3. The maximum absolute atomic E-state index is 4.09. The fourth-order valence-electron chi connectivity index (χ4n) is 2.07. The highest BCUT2D eigenvalue weighted by Crippen LogP contribution is 2.21. The summed E-state index contributed by atoms with van der Waals surface area (Å²) in [5.41, 5.74) is 1.31. The largest absolute Gasteiger partial charge is 0.320 e. The summed E-state index contributed by atoms with van der Waals surface area (Å²) in [5.74, 6) is 1.48. The number of rotatable bonds is 5. The number of benzene rings is 1. The molecule has 2 aromatic rings. The van der Waals surface area contributed by atoms with Gasteiger partial charge in [0, 0.05) is 13.1 Å². The average molecular weight is 244 g/mol. The SMILES string of the molecule is CC(C)C(NCc1nncn1C)c1ccccc1. The summed E-state index contributed by atoms with van der Waals surface area (Å²) in [7, 11) is 1.96. The van der Waals surface area contributed by atoms with Crippen molar-refractivity contribution in [1.29, 1.82) is 0 Å². The van der Waals surface area contributed by atoms with Gasteiger partial charge in [-0.25, -0.2) is 0 Å². The van der Waals surface area contributed by atoms with Crippen molar-refractivity contribution in [2.24, 2.45) is 13.0 Å². The Kier molecular flexibility index (Phi) is 4.10. The molecule has 1 heterocycles. The molecule has 0 saturated heterocycles. The third-order valence-electron chi connectivity index (χ3n) is 3.11. The third kappa shape index (κ3) is 2.96. The highest BCUT2D eigenvalue weighted by molar-refractivity contribution is 5.19. The predicted molar refractivity (Wildman–Crippen MR) is 71.9 cm³/mol. The lowest BCUT2D eigenvalue weighted by molar-refractivity contribution is 0.403. The van der Waals surface area contributed by atoms with Crippen LogP contribution in [0.2, 0.25) is 0 Å². The van der Waals surface area contributed by atoms with E-state index in [0.717, 1.165) is 12.4 Å². The van der Waals surface area contributed by atoms with E-state index in [-0.39, 0.29) is 0 Å². The second-order valence-corrected chi connectivity index (χ2v) is 4.87. The van der Waals surface area contributed by atoms with Gasteiger partial charge >= 0.3 is 0 Å². The van der Waals surface area contributed by atoms with Crippen molar-refractivity contribution in [1.82, 2.24) is 20.1 Å². The van der Waals surface area contributed by atoms with Crippen LogP contribution in [0.1, 0.15) is 31.3 Å². The smallest absolute Gasteiger partial charge is 0.146 e. The lowest BCUT2D eigenvalue weighted by Crippen LogP contribution is -2.26. The van der Waals surface area contributed by atoms with Crippen LogP contribution in [0.4, 0.5) is 0 Å². The van der Waals surface area contributed by atoms with Crippen LogP contribution in [0.15, 0.2) is 36.7 Å². The van der Waals surface area contributed by atoms with Gasteiger partial charge in [-0.05, 0) is 11.5 Å². The van der Waals surface area contributed by atoms with Crippen molar-refractivity contribution in [3.63, 3.8) is 0 Å². The maximum atomic E-state index is 4.09. The lowest BCUT2D eigenvalue weighted by Gasteiger charge is -2.22. The van der Waals surface area contributed by atoms with Gasteiger partial charge in [-0.3, -0.25) is 0 Å². The van der Waals surface area contributed by atoms with E-state index in [0.29, 0.717) is 12.0 Å². The van der Waals surface area contributed by atoms with Gasteiger partial charge in [0.25, 0.3) is 0 Å². The molecule has 1 aromatic carbocycles. The molecular formula is C14H20N4. The Morgan fingerprint density at radius 3 is 2.50 bits per heavy atom. The normalized spacial score (nSPS) is 12.9. The summed E-state index contributed by atoms with van der Waals surface area (Å²) >= 11 is 0. The molecule has 1 unspecified atom stereocenters. The Hall–Kier alpha value is -1.68. The molecule has 0 fully saturated rings. The van der Waals surface area contributed by atoms with Crippen molar-refractivity contribution in [2.45, 2.75) is 26.4 Å². The van der Waals surface area contributed by atoms with E-state index in [9.17, 15) is 0 Å². The molecule has 0 radical (unpaired) electrons. The maximum Gasteiger partial charge on any atom is 0.146 e. The van der Waals surface area contributed by atoms with Gasteiger partial charge in [0.2, 0.25) is 0 Å². The Morgan fingerprint density at radius 2 is 1.94 bits per heavy atom. The summed E-state index contributed by atoms with van der Waals surface area (Å²) in [6.07, 6.45) is 1.73. The van der Waals surface area contributed by atoms with Crippen LogP contribution in [0.3, 0.4) is 0 Å². The van der Waals surface area contributed by atoms with Crippen molar-refractivity contribution in [3.05, 3.63) is 48.0 Å². The molecule has 0 saturated carbocycles. The molecule has 0 amide bonds. The first-order chi connectivity index (χ1) is 8.68. The van der Waals surface area contributed by atoms with Crippen molar-refractivity contribution >= 4 is 0 Å². The molecule has 0 aliphatic rings. The summed E-state index contributed by atoms with van der Waals surface area (Å²) in [6.45, 7) is 5.18. The number of nitrogens with zero attached hydrogens (tertiary/aromatic N) is 3. The van der Waals surface area contributed by atoms with Crippen molar-refractivity contribution < 1.29 is 0 Å². The van der Waals surface area contributed by atoms with Gasteiger partial charge in [-0.1, -0.05) is 44.2 Å². The molecular weight excluding hydrogens is 224 g/mol. The number of aromatic nitrogens is 3. The monoisotopic (exact) mass is 244 g/mol. The Morgan fingerprint density at radius 1 is 1.22 bits per heavy atom. The zero-order valence-corrected chi connectivity index (χ0v) is 11.2. The minimum atomic E-state index is 0.336. The minimum Gasteiger partial charge on any atom is -0.320 e. The van der Waals surface area contributed by atoms with Crippen molar-refractivity contribution in [3.8, 4) is 0 Å². The molecule has 96 valence electrons. The van der Waals surface area contributed by atoms with Crippen LogP contribution in [0, 0.1) is 5.92 Å². The second-order valence-electron chi connectivity index (χ2n) is 4.87. The van der Waals surface area contributed by atoms with Crippen LogP contribution in [-0.2, 0) is 13.6 Å². The molecule has 1 atom stereocenters. The van der Waals surface area contributed by atoms with E-state index in [1.165, 1.54) is 5.56 Å². The predicted octanol–water partition coefficient (Wildman–Crippen LogP) is 2.30. The quantitative estimate of drug-likeness (QED) is 0.877. The van der Waals surface area contributed by atoms with Crippen LogP contribution in [0.5, 0.6) is 0 Å². The minimum absolute atomic E-state index is 0.336. The van der Waals surface area contributed by atoms with Crippen molar-refractivity contribution in [2.75, 3.05) is 0 Å². The topological polar surface area (TPSA) is 42.7 Å². The summed E-state index contributed by atoms with van der Waals surface area (Å²) in [4.78, 5) is 0. The summed E-state index contributed by atoms with van der Waals surface area (Å²) in [5, 5.41) is 11.5. The Balaban J connectivity index is 2.06. The van der Waals surface area contributed by atoms with Crippen LogP contribution >= 0.6 is 0 Å². The van der Waals surface area contributed by atoms with Crippen LogP contribution in [-0.4, -0.2) is 14.8 Å². The average Bonchev–Trinajstić information content (AvgIpc) is 2.76. The van der Waals surface area contributed by atoms with Gasteiger partial charge in [-0.2, -0.15) is 0 Å². The number of nitrogens with one attached hydrogen (secondary N) is 1. The molecule has 0 aliphatic heterocycles. The van der Waals surface area contributed by atoms with E-state index < -0.39 is 0 Å². The zero-order valence-electron chi connectivity index (χ0n) is 11.2. The van der Waals surface area contributed by atoms with E-state index >= 15 is 0 Å². The van der Waals surface area contributed by atoms with Gasteiger partial charge in [0.05, 0.1) is 6.54 Å². The van der Waals surface area contributed by atoms with Crippen LogP contribution < -0.4 is 5.32 Å². The van der Waals surface area contributed by atoms with Gasteiger partial charge in [0.15, 0.2) is 0 Å². The fourth-order valence-corrected chi connectivity index (χ4v) is 2.07. The number of aryl methyl sites for hydroxylation is 1. The molecule has 18 heavy (non-hydrogen) atoms. The molecule has 4 nitrogen and oxygen atoms in total. The molecule has 1 aromatic heterocycles. The van der Waals surface area contributed by atoms with E-state index in [2.05, 4.69) is 53.6 Å². The fraction of sp³-hybridized carbons (Fsp3) is 0.429. The van der Waals surface area contributed by atoms with E-state index in [1.54, 1.807) is 6.33 Å². The third-order valence-corrected chi connectivity index (χ3v) is 3.11. The second kappa shape index (κ2) is 5.78. The zero-order chi connectivity index (χ0) is 13.0. The number of hydrogen-bond donors (Lipinski definition) is 1. The van der Waals surface area contributed by atoms with Gasteiger partial charge in [0.1, 0.15) is 12.2 Å². The van der Waals surface area contributed by atoms with E-state index in [1.807, 2.05) is 17.7 Å². The van der Waals surface area contributed by atoms with Crippen LogP contribution in [0.25, 0.3) is 0 Å². The molecule has 0 bridgehead atoms. The molecule has 2 rings (SSSR count). The van der Waals surface area contributed by atoms with Gasteiger partial charge in [-0.15, -0.1) is 10.2 Å². The molecule has 0 spiro atoms. The summed E-state index contributed by atoms with van der Waals surface area (Å²) < 4.78 is 1.94. The first-order valence-corrected chi connectivity index (χ1v) is 6.29. The first kappa shape index (κ1) is 12.8. The molecule has 4 heteroatoms. The summed E-state index contributed by atoms with van der Waals surface area (Å²) in [6, 6.07) is 10.9. The molecule has 1 N–H and O–H groups in total. The van der Waals surface area contributed by atoms with Gasteiger partial charge < -0.3 is 9.88 Å².